The Kier molecular flexibility index (Phi) is 2.41. The van der Waals surface area contributed by atoms with Gasteiger partial charge in [-0.3, -0.25) is 19.8 Å². The highest BCUT2D eigenvalue weighted by Crippen LogP contribution is 2.32. The smallest absolute Gasteiger partial charge is 0.282 e. The first kappa shape index (κ1) is 10.4. The molecule has 0 unspecified atom stereocenters. The molecule has 0 heterocycles. The van der Waals surface area contributed by atoms with E-state index in [2.05, 4.69) is 0 Å². The van der Waals surface area contributed by atoms with Crippen LogP contribution in [0.4, 0.5) is 5.69 Å². The van der Waals surface area contributed by atoms with Gasteiger partial charge < -0.3 is 0 Å². The van der Waals surface area contributed by atoms with E-state index in [0.29, 0.717) is 0 Å². The molecule has 0 aliphatic carbocycles. The minimum absolute atomic E-state index is 0.787. The van der Waals surface area contributed by atoms with Crippen molar-refractivity contribution in [3.63, 3.8) is 0 Å². The highest BCUT2D eigenvalue weighted by Gasteiger charge is 2.28. The Labute approximate surface area is 78.5 Å². The number of nitro groups is 1. The summed E-state index contributed by atoms with van der Waals surface area (Å²) in [7, 11) is -4.74. The van der Waals surface area contributed by atoms with Gasteiger partial charge >= 0.3 is 15.8 Å². The number of nitrogens with zero attached hydrogens (tertiary/aromatic N) is 1. The second-order valence-corrected chi connectivity index (χ2v) is 3.73. The molecule has 1 rings (SSSR count). The molecule has 0 aromatic heterocycles. The fraction of sp³-hybridized carbons (Fsp3) is 0. The van der Waals surface area contributed by atoms with Crippen LogP contribution < -0.4 is 0 Å². The maximum atomic E-state index is 10.9. The Balaban J connectivity index is 3.61. The molecule has 1 aromatic rings. The van der Waals surface area contributed by atoms with Gasteiger partial charge in [0, 0.05) is 0 Å². The van der Waals surface area contributed by atoms with Gasteiger partial charge in [-0.15, -0.1) is 0 Å². The van der Waals surface area contributed by atoms with Crippen molar-refractivity contribution in [2.75, 3.05) is 0 Å². The largest absolute Gasteiger partial charge is 0.337 e. The van der Waals surface area contributed by atoms with Gasteiger partial charge in [0.1, 0.15) is 0 Å². The molecule has 1 aromatic carbocycles. The van der Waals surface area contributed by atoms with Gasteiger partial charge in [0.25, 0.3) is 5.75 Å². The lowest BCUT2D eigenvalue weighted by Gasteiger charge is -1.98. The average Bonchev–Trinajstić information content (AvgIpc) is 2.01. The minimum atomic E-state index is -4.74. The third-order valence-corrected chi connectivity index (χ3v) is 2.31. The van der Waals surface area contributed by atoms with Crippen LogP contribution in [0.3, 0.4) is 0 Å². The summed E-state index contributed by atoms with van der Waals surface area (Å²) in [5.74, 6) is -1.06. The van der Waals surface area contributed by atoms with Crippen molar-refractivity contribution >= 4 is 15.8 Å². The molecule has 0 bridgehead atoms. The zero-order valence-electron chi connectivity index (χ0n) is 6.58. The van der Waals surface area contributed by atoms with Gasteiger partial charge in [0.2, 0.25) is 0 Å². The van der Waals surface area contributed by atoms with E-state index >= 15 is 0 Å². The Morgan fingerprint density at radius 3 is 2.29 bits per heavy atom. The molecule has 1 N–H and O–H groups in total. The molecule has 8 heteroatoms. The second-order valence-electron chi connectivity index (χ2n) is 2.34. The normalized spacial score (nSPS) is 11.2. The molecule has 0 saturated heterocycles. The zero-order valence-corrected chi connectivity index (χ0v) is 7.39. The van der Waals surface area contributed by atoms with E-state index in [1.54, 1.807) is 0 Å². The topological polar surface area (TPSA) is 117 Å². The van der Waals surface area contributed by atoms with Crippen molar-refractivity contribution in [3.05, 3.63) is 28.3 Å². The van der Waals surface area contributed by atoms with E-state index in [9.17, 15) is 23.6 Å². The van der Waals surface area contributed by atoms with Crippen molar-refractivity contribution in [1.82, 2.24) is 0 Å². The van der Waals surface area contributed by atoms with E-state index in [1.807, 2.05) is 0 Å². The maximum Gasteiger partial charge on any atom is 0.337 e. The highest BCUT2D eigenvalue weighted by molar-refractivity contribution is 7.86. The number of hydrogen-bond acceptors (Lipinski definition) is 4. The SMILES string of the molecule is [O]c1cccc(S(=O)(=O)O)c1[N+](=O)[O-]. The van der Waals surface area contributed by atoms with Crippen LogP contribution in [-0.2, 0) is 15.2 Å². The molecule has 0 fully saturated rings. The van der Waals surface area contributed by atoms with Crippen LogP contribution in [0, 0.1) is 10.1 Å². The summed E-state index contributed by atoms with van der Waals surface area (Å²) in [6.07, 6.45) is 0. The van der Waals surface area contributed by atoms with Crippen molar-refractivity contribution in [2.24, 2.45) is 0 Å². The maximum absolute atomic E-state index is 10.9. The summed E-state index contributed by atoms with van der Waals surface area (Å²) in [6, 6.07) is 2.64. The summed E-state index contributed by atoms with van der Waals surface area (Å²) in [5, 5.41) is 21.2. The van der Waals surface area contributed by atoms with Gasteiger partial charge in [-0.25, -0.2) is 0 Å². The Morgan fingerprint density at radius 2 is 1.93 bits per heavy atom. The van der Waals surface area contributed by atoms with E-state index < -0.39 is 31.4 Å². The van der Waals surface area contributed by atoms with Gasteiger partial charge in [-0.05, 0) is 12.1 Å². The summed E-state index contributed by atoms with van der Waals surface area (Å²) in [4.78, 5) is 8.18. The van der Waals surface area contributed by atoms with E-state index in [-0.39, 0.29) is 0 Å². The van der Waals surface area contributed by atoms with Crippen LogP contribution in [0.1, 0.15) is 0 Å². The Hall–Kier alpha value is -1.67. The van der Waals surface area contributed by atoms with Crippen molar-refractivity contribution in [3.8, 4) is 5.75 Å². The lowest BCUT2D eigenvalue weighted by Crippen LogP contribution is -2.02. The molecule has 75 valence electrons. The van der Waals surface area contributed by atoms with Crippen molar-refractivity contribution < 1.29 is 23.0 Å². The number of nitro benzene ring substituents is 1. The molecule has 0 aliphatic heterocycles. The van der Waals surface area contributed by atoms with Gasteiger partial charge in [-0.2, -0.15) is 8.42 Å². The van der Waals surface area contributed by atoms with Gasteiger partial charge in [-0.1, -0.05) is 6.07 Å². The van der Waals surface area contributed by atoms with Crippen LogP contribution >= 0.6 is 0 Å². The first-order valence-electron chi connectivity index (χ1n) is 3.26. The molecule has 0 saturated carbocycles. The molecule has 1 radical (unpaired) electrons. The number of para-hydroxylation sites is 1. The number of rotatable bonds is 2. The van der Waals surface area contributed by atoms with Crippen molar-refractivity contribution in [2.45, 2.75) is 4.90 Å². The summed E-state index contributed by atoms with van der Waals surface area (Å²) in [5.41, 5.74) is -1.14. The van der Waals surface area contributed by atoms with Crippen LogP contribution in [-0.4, -0.2) is 17.9 Å². The molecule has 7 nitrogen and oxygen atoms in total. The van der Waals surface area contributed by atoms with Gasteiger partial charge in [0.05, 0.1) is 4.92 Å². The van der Waals surface area contributed by atoms with Crippen LogP contribution in [0.25, 0.3) is 0 Å². The molecular weight excluding hydrogens is 214 g/mol. The molecule has 0 spiro atoms. The molecule has 0 aliphatic rings. The fourth-order valence-corrected chi connectivity index (χ4v) is 1.56. The summed E-state index contributed by atoms with van der Waals surface area (Å²) < 4.78 is 29.8. The standard InChI is InChI=1S/C6H4NO6S/c8-4-2-1-3-5(14(11,12)13)6(4)7(9)10/h1-3H,(H,11,12,13). The van der Waals surface area contributed by atoms with Gasteiger partial charge in [0.15, 0.2) is 4.90 Å². The molecule has 0 amide bonds. The van der Waals surface area contributed by atoms with Crippen LogP contribution in [0.2, 0.25) is 0 Å². The molecule has 0 atom stereocenters. The third-order valence-electron chi connectivity index (χ3n) is 1.42. The van der Waals surface area contributed by atoms with E-state index in [4.69, 9.17) is 4.55 Å². The second kappa shape index (κ2) is 3.24. The predicted molar refractivity (Wildman–Crippen MR) is 43.0 cm³/mol. The summed E-state index contributed by atoms with van der Waals surface area (Å²) in [6.45, 7) is 0. The lowest BCUT2D eigenvalue weighted by molar-refractivity contribution is -0.389. The monoisotopic (exact) mass is 218 g/mol. The van der Waals surface area contributed by atoms with Crippen LogP contribution in [0.15, 0.2) is 23.1 Å². The lowest BCUT2D eigenvalue weighted by atomic mass is 10.3. The Bertz CT molecular complexity index is 479. The third kappa shape index (κ3) is 1.80. The average molecular weight is 218 g/mol. The molecule has 14 heavy (non-hydrogen) atoms. The van der Waals surface area contributed by atoms with E-state index in [1.165, 1.54) is 0 Å². The molecular formula is C6H4NO6S. The first-order chi connectivity index (χ1) is 6.34. The first-order valence-corrected chi connectivity index (χ1v) is 4.70. The van der Waals surface area contributed by atoms with Crippen LogP contribution in [0.5, 0.6) is 5.75 Å². The highest BCUT2D eigenvalue weighted by atomic mass is 32.2. The predicted octanol–water partition coefficient (Wildman–Crippen LogP) is 0.985. The van der Waals surface area contributed by atoms with Crippen molar-refractivity contribution in [1.29, 1.82) is 0 Å². The Morgan fingerprint density at radius 1 is 1.36 bits per heavy atom. The number of benzene rings is 1. The summed E-state index contributed by atoms with van der Waals surface area (Å²) >= 11 is 0. The zero-order chi connectivity index (χ0) is 10.9. The minimum Gasteiger partial charge on any atom is -0.282 e. The fourth-order valence-electron chi connectivity index (χ4n) is 0.890. The quantitative estimate of drug-likeness (QED) is 0.451. The van der Waals surface area contributed by atoms with E-state index in [0.717, 1.165) is 18.2 Å². The number of hydrogen-bond donors (Lipinski definition) is 1.